The van der Waals surface area contributed by atoms with Crippen molar-refractivity contribution in [1.29, 1.82) is 0 Å². The second-order valence-corrected chi connectivity index (χ2v) is 19.2. The van der Waals surface area contributed by atoms with Crippen LogP contribution in [-0.2, 0) is 32.9 Å². The number of carbonyl (C=O) groups is 2. The molecular formula is C40H45N3O7Si. The van der Waals surface area contributed by atoms with E-state index in [-0.39, 0.29) is 53.7 Å². The number of rotatable bonds is 8. The number of ether oxygens (including phenoxy) is 3. The highest BCUT2D eigenvalue weighted by molar-refractivity contribution is 6.91. The van der Waals surface area contributed by atoms with Crippen LogP contribution in [0.2, 0.25) is 18.6 Å². The Morgan fingerprint density at radius 3 is 2.39 bits per heavy atom. The van der Waals surface area contributed by atoms with Gasteiger partial charge in [0.05, 0.1) is 53.2 Å². The van der Waals surface area contributed by atoms with Gasteiger partial charge in [0.25, 0.3) is 11.5 Å². The van der Waals surface area contributed by atoms with Crippen LogP contribution >= 0.6 is 0 Å². The van der Waals surface area contributed by atoms with Crippen molar-refractivity contribution in [1.82, 2.24) is 9.47 Å². The van der Waals surface area contributed by atoms with Gasteiger partial charge in [-0.15, -0.1) is 0 Å². The number of fused-ring (bicyclic) bond motifs is 3. The number of anilines is 1. The summed E-state index contributed by atoms with van der Waals surface area (Å²) in [6, 6.07) is 24.7. The summed E-state index contributed by atoms with van der Waals surface area (Å²) in [5.41, 5.74) is 2.30. The first-order chi connectivity index (χ1) is 24.5. The largest absolute Gasteiger partial charge is 0.497 e. The van der Waals surface area contributed by atoms with E-state index in [2.05, 4.69) is 38.2 Å². The number of aliphatic hydroxyl groups excluding tert-OH is 1. The van der Waals surface area contributed by atoms with E-state index in [1.807, 2.05) is 48.5 Å². The van der Waals surface area contributed by atoms with Gasteiger partial charge in [-0.3, -0.25) is 19.0 Å². The number of benzene rings is 3. The predicted molar refractivity (Wildman–Crippen MR) is 198 cm³/mol. The van der Waals surface area contributed by atoms with E-state index in [1.165, 1.54) is 11.7 Å². The molecule has 0 aliphatic carbocycles. The molecule has 7 rings (SSSR count). The van der Waals surface area contributed by atoms with Gasteiger partial charge in [-0.2, -0.15) is 0 Å². The maximum atomic E-state index is 14.7. The van der Waals surface area contributed by atoms with Crippen molar-refractivity contribution in [2.75, 3.05) is 32.8 Å². The van der Waals surface area contributed by atoms with Gasteiger partial charge in [-0.05, 0) is 65.6 Å². The van der Waals surface area contributed by atoms with E-state index >= 15 is 0 Å². The molecule has 4 heterocycles. The molecule has 10 nitrogen and oxygen atoms in total. The van der Waals surface area contributed by atoms with Crippen LogP contribution < -0.4 is 25.1 Å². The zero-order valence-corrected chi connectivity index (χ0v) is 31.0. The number of nitrogens with zero attached hydrogens (tertiary/aromatic N) is 3. The van der Waals surface area contributed by atoms with Gasteiger partial charge in [0.2, 0.25) is 5.91 Å². The molecule has 5 atom stereocenters. The highest BCUT2D eigenvalue weighted by Crippen LogP contribution is 2.60. The van der Waals surface area contributed by atoms with E-state index in [0.29, 0.717) is 29.9 Å². The van der Waals surface area contributed by atoms with E-state index in [4.69, 9.17) is 14.2 Å². The molecule has 0 radical (unpaired) electrons. The number of hydrogen-bond acceptors (Lipinski definition) is 7. The normalized spacial score (nSPS) is 24.1. The van der Waals surface area contributed by atoms with Crippen molar-refractivity contribution in [2.24, 2.45) is 5.92 Å². The lowest BCUT2D eigenvalue weighted by atomic mass is 9.82. The van der Waals surface area contributed by atoms with Crippen molar-refractivity contribution in [3.63, 3.8) is 0 Å². The average Bonchev–Trinajstić information content (AvgIpc) is 3.56. The fraction of sp³-hybridized carbons (Fsp3) is 0.375. The quantitative estimate of drug-likeness (QED) is 0.271. The molecule has 11 heteroatoms. The summed E-state index contributed by atoms with van der Waals surface area (Å²) < 4.78 is 19.4. The Labute approximate surface area is 299 Å². The highest BCUT2D eigenvalue weighted by atomic mass is 28.3. The fourth-order valence-corrected chi connectivity index (χ4v) is 12.9. The van der Waals surface area contributed by atoms with E-state index in [9.17, 15) is 19.5 Å². The molecule has 1 spiro atoms. The maximum absolute atomic E-state index is 14.7. The molecule has 266 valence electrons. The molecule has 0 unspecified atom stereocenters. The smallest absolute Gasteiger partial charge is 0.297 e. The number of pyridine rings is 1. The third kappa shape index (κ3) is 5.49. The minimum absolute atomic E-state index is 0.0589. The SMILES string of the molecule is COc1ccc([Si](C)(C)[C@@H]2[C@@H](CC(=O)N3Cc4ccccc4C[C@H]3CO)O[C@]3(C(=O)N(C)c4ccc(-n5cccc(OC)c5=O)cc43)[C@H]2C)cc1. The molecule has 0 saturated carbocycles. The van der Waals surface area contributed by atoms with Crippen molar-refractivity contribution in [2.45, 2.75) is 62.7 Å². The van der Waals surface area contributed by atoms with Crippen molar-refractivity contribution >= 4 is 30.8 Å². The number of aliphatic hydroxyl groups is 1. The molecule has 3 aliphatic heterocycles. The van der Waals surface area contributed by atoms with Crippen molar-refractivity contribution in [3.8, 4) is 17.2 Å². The van der Waals surface area contributed by atoms with Gasteiger partial charge in [-0.25, -0.2) is 0 Å². The summed E-state index contributed by atoms with van der Waals surface area (Å²) in [5.74, 6) is 0.324. The number of methoxy groups -OCH3 is 2. The summed E-state index contributed by atoms with van der Waals surface area (Å²) in [7, 11) is 2.34. The lowest BCUT2D eigenvalue weighted by molar-refractivity contribution is -0.150. The molecule has 3 aromatic carbocycles. The molecule has 4 aromatic rings. The standard InChI is InChI=1S/C40H45N3O7Si/c1-25-37(51(5,6)31-16-14-30(48-3)15-17-31)35(22-36(45)43-23-27-11-8-7-10-26(27)20-29(43)24-44)50-40(25)32-21-28(13-18-33(32)41(2)39(40)47)42-19-9-12-34(49-4)38(42)46/h7-19,21,25,29,35,37,44H,20,22-24H2,1-6H3/t25-,29-,35+,37-,40+/m0/s1. The Hall–Kier alpha value is -4.71. The van der Waals surface area contributed by atoms with Crippen LogP contribution in [0.4, 0.5) is 5.69 Å². The molecular weight excluding hydrogens is 663 g/mol. The molecule has 1 saturated heterocycles. The van der Waals surface area contributed by atoms with Crippen LogP contribution in [0, 0.1) is 5.92 Å². The van der Waals surface area contributed by atoms with Gasteiger partial charge < -0.3 is 29.1 Å². The summed E-state index contributed by atoms with van der Waals surface area (Å²) >= 11 is 0. The van der Waals surface area contributed by atoms with Gasteiger partial charge in [0.1, 0.15) is 5.75 Å². The minimum Gasteiger partial charge on any atom is -0.497 e. The van der Waals surface area contributed by atoms with Crippen LogP contribution in [0.25, 0.3) is 5.69 Å². The number of amides is 2. The highest BCUT2D eigenvalue weighted by Gasteiger charge is 2.66. The first-order valence-electron chi connectivity index (χ1n) is 17.4. The van der Waals surface area contributed by atoms with Crippen LogP contribution in [0.1, 0.15) is 30.0 Å². The summed E-state index contributed by atoms with van der Waals surface area (Å²) in [6.45, 7) is 6.89. The van der Waals surface area contributed by atoms with E-state index < -0.39 is 19.8 Å². The van der Waals surface area contributed by atoms with E-state index in [1.54, 1.807) is 42.3 Å². The van der Waals surface area contributed by atoms with Crippen LogP contribution in [0.5, 0.6) is 11.5 Å². The Morgan fingerprint density at radius 2 is 1.71 bits per heavy atom. The fourth-order valence-electron chi connectivity index (χ4n) is 8.92. The van der Waals surface area contributed by atoms with Gasteiger partial charge in [0, 0.05) is 37.0 Å². The summed E-state index contributed by atoms with van der Waals surface area (Å²) in [5, 5.41) is 11.6. The van der Waals surface area contributed by atoms with Crippen LogP contribution in [0.15, 0.2) is 89.9 Å². The molecule has 2 amide bonds. The Balaban J connectivity index is 1.33. The zero-order chi connectivity index (χ0) is 36.2. The average molecular weight is 708 g/mol. The third-order valence-corrected chi connectivity index (χ3v) is 16.0. The topological polar surface area (TPSA) is 111 Å². The van der Waals surface area contributed by atoms with Gasteiger partial charge >= 0.3 is 0 Å². The lowest BCUT2D eigenvalue weighted by Crippen LogP contribution is -2.52. The van der Waals surface area contributed by atoms with E-state index in [0.717, 1.165) is 22.1 Å². The first-order valence-corrected chi connectivity index (χ1v) is 20.5. The second kappa shape index (κ2) is 13.1. The molecule has 1 aromatic heterocycles. The Bertz CT molecular complexity index is 2050. The van der Waals surface area contributed by atoms with Crippen LogP contribution in [-0.4, -0.2) is 74.5 Å². The van der Waals surface area contributed by atoms with Crippen molar-refractivity contribution in [3.05, 3.63) is 112 Å². The molecule has 51 heavy (non-hydrogen) atoms. The first kappa shape index (κ1) is 34.7. The van der Waals surface area contributed by atoms with Crippen molar-refractivity contribution < 1.29 is 28.9 Å². The Kier molecular flexibility index (Phi) is 8.93. The number of likely N-dealkylation sites (N-methyl/N-ethyl adjacent to an activating group) is 1. The lowest BCUT2D eigenvalue weighted by Gasteiger charge is -2.39. The maximum Gasteiger partial charge on any atom is 0.297 e. The van der Waals surface area contributed by atoms with Gasteiger partial charge in [-0.1, -0.05) is 61.6 Å². The predicted octanol–water partition coefficient (Wildman–Crippen LogP) is 4.38. The van der Waals surface area contributed by atoms with Gasteiger partial charge in [0.15, 0.2) is 11.4 Å². The number of aromatic nitrogens is 1. The Morgan fingerprint density at radius 1 is 0.980 bits per heavy atom. The molecule has 0 bridgehead atoms. The molecule has 1 fully saturated rings. The molecule has 3 aliphatic rings. The zero-order valence-electron chi connectivity index (χ0n) is 30.0. The molecule has 1 N–H and O–H groups in total. The monoisotopic (exact) mass is 707 g/mol. The summed E-state index contributed by atoms with van der Waals surface area (Å²) in [4.78, 5) is 45.8. The number of hydrogen-bond donors (Lipinski definition) is 1. The third-order valence-electron chi connectivity index (χ3n) is 11.6. The minimum atomic E-state index is -2.52. The summed E-state index contributed by atoms with van der Waals surface area (Å²) in [6.07, 6.45) is 1.71. The van der Waals surface area contributed by atoms with Crippen LogP contribution in [0.3, 0.4) is 0 Å². The number of carbonyl (C=O) groups excluding carboxylic acids is 2. The second-order valence-electron chi connectivity index (χ2n) is 14.5.